The van der Waals surface area contributed by atoms with Crippen LogP contribution in [-0.4, -0.2) is 15.0 Å². The van der Waals surface area contributed by atoms with Crippen molar-refractivity contribution in [1.82, 2.24) is 15.0 Å². The van der Waals surface area contributed by atoms with Gasteiger partial charge in [-0.05, 0) is 62.7 Å². The fourth-order valence-corrected chi connectivity index (χ4v) is 8.21. The van der Waals surface area contributed by atoms with Crippen LogP contribution in [0.1, 0.15) is 22.4 Å². The SMILES string of the molecule is c1ccc(-c2cc(-c3ccccc3)nc(-c3cccc(-c4ccc(-c5ncc6c(n5)C(c5ccccc5)(c5ccccc5)c5ccccc5-6)cc4)c3)c2)cc1. The maximum atomic E-state index is 5.45. The van der Waals surface area contributed by atoms with Crippen LogP contribution in [0.2, 0.25) is 0 Å². The zero-order chi connectivity index (χ0) is 36.6. The van der Waals surface area contributed by atoms with Crippen molar-refractivity contribution in [2.24, 2.45) is 0 Å². The van der Waals surface area contributed by atoms with Gasteiger partial charge in [-0.25, -0.2) is 15.0 Å². The summed E-state index contributed by atoms with van der Waals surface area (Å²) in [6.45, 7) is 0. The third kappa shape index (κ3) is 5.65. The van der Waals surface area contributed by atoms with Gasteiger partial charge in [0.2, 0.25) is 0 Å². The van der Waals surface area contributed by atoms with Crippen LogP contribution in [0, 0.1) is 0 Å². The molecule has 0 spiro atoms. The average Bonchev–Trinajstić information content (AvgIpc) is 3.58. The molecule has 9 aromatic rings. The van der Waals surface area contributed by atoms with Gasteiger partial charge < -0.3 is 0 Å². The minimum absolute atomic E-state index is 0.571. The third-order valence-electron chi connectivity index (χ3n) is 10.8. The molecule has 0 aliphatic heterocycles. The molecule has 1 aliphatic rings. The second-order valence-electron chi connectivity index (χ2n) is 14.0. The highest BCUT2D eigenvalue weighted by atomic mass is 14.9. The molecule has 0 bridgehead atoms. The molecule has 7 aromatic carbocycles. The first kappa shape index (κ1) is 32.4. The summed E-state index contributed by atoms with van der Waals surface area (Å²) < 4.78 is 0. The predicted molar refractivity (Wildman–Crippen MR) is 224 cm³/mol. The van der Waals surface area contributed by atoms with Crippen LogP contribution in [0.4, 0.5) is 0 Å². The number of benzene rings is 7. The highest BCUT2D eigenvalue weighted by Crippen LogP contribution is 2.55. The summed E-state index contributed by atoms with van der Waals surface area (Å²) in [4.78, 5) is 15.6. The van der Waals surface area contributed by atoms with E-state index in [1.54, 1.807) is 0 Å². The van der Waals surface area contributed by atoms with Crippen molar-refractivity contribution in [3.05, 3.63) is 235 Å². The van der Waals surface area contributed by atoms with Crippen molar-refractivity contribution in [3.8, 4) is 67.3 Å². The molecule has 0 radical (unpaired) electrons. The van der Waals surface area contributed by atoms with Gasteiger partial charge in [0.1, 0.15) is 0 Å². The third-order valence-corrected chi connectivity index (χ3v) is 10.8. The van der Waals surface area contributed by atoms with Gasteiger partial charge in [-0.2, -0.15) is 0 Å². The first-order valence-corrected chi connectivity index (χ1v) is 18.7. The number of fused-ring (bicyclic) bond motifs is 3. The largest absolute Gasteiger partial charge is 0.248 e. The minimum atomic E-state index is -0.571. The maximum absolute atomic E-state index is 5.45. The molecule has 2 aromatic heterocycles. The molecular formula is C52H35N3. The second-order valence-corrected chi connectivity index (χ2v) is 14.0. The molecule has 10 rings (SSSR count). The summed E-state index contributed by atoms with van der Waals surface area (Å²) in [5.41, 5.74) is 15.8. The van der Waals surface area contributed by atoms with Crippen molar-refractivity contribution < 1.29 is 0 Å². The lowest BCUT2D eigenvalue weighted by molar-refractivity contribution is 0.736. The number of nitrogens with zero attached hydrogens (tertiary/aromatic N) is 3. The Labute approximate surface area is 321 Å². The monoisotopic (exact) mass is 701 g/mol. The predicted octanol–water partition coefficient (Wildman–Crippen LogP) is 12.6. The smallest absolute Gasteiger partial charge is 0.159 e. The maximum Gasteiger partial charge on any atom is 0.159 e. The first-order valence-electron chi connectivity index (χ1n) is 18.7. The Balaban J connectivity index is 1.04. The van der Waals surface area contributed by atoms with E-state index in [-0.39, 0.29) is 0 Å². The number of pyridine rings is 1. The Morgan fingerprint density at radius 2 is 0.836 bits per heavy atom. The minimum Gasteiger partial charge on any atom is -0.248 e. The second kappa shape index (κ2) is 13.6. The molecule has 0 unspecified atom stereocenters. The Morgan fingerprint density at radius 3 is 1.51 bits per heavy atom. The van der Waals surface area contributed by atoms with Crippen molar-refractivity contribution in [2.75, 3.05) is 0 Å². The Bertz CT molecular complexity index is 2680. The molecule has 0 saturated carbocycles. The van der Waals surface area contributed by atoms with Crippen LogP contribution in [0.5, 0.6) is 0 Å². The van der Waals surface area contributed by atoms with Crippen LogP contribution in [0.25, 0.3) is 67.3 Å². The van der Waals surface area contributed by atoms with E-state index in [1.165, 1.54) is 22.3 Å². The molecule has 2 heterocycles. The van der Waals surface area contributed by atoms with Crippen LogP contribution >= 0.6 is 0 Å². The summed E-state index contributed by atoms with van der Waals surface area (Å²) in [6, 6.07) is 72.8. The quantitative estimate of drug-likeness (QED) is 0.166. The molecule has 0 amide bonds. The van der Waals surface area contributed by atoms with E-state index in [1.807, 2.05) is 12.3 Å². The molecule has 0 fully saturated rings. The van der Waals surface area contributed by atoms with E-state index in [9.17, 15) is 0 Å². The molecule has 0 N–H and O–H groups in total. The fourth-order valence-electron chi connectivity index (χ4n) is 8.21. The van der Waals surface area contributed by atoms with E-state index in [0.29, 0.717) is 5.82 Å². The van der Waals surface area contributed by atoms with E-state index < -0.39 is 5.41 Å². The van der Waals surface area contributed by atoms with Crippen LogP contribution in [-0.2, 0) is 5.41 Å². The molecule has 0 atom stereocenters. The first-order chi connectivity index (χ1) is 27.3. The number of rotatable bonds is 7. The van der Waals surface area contributed by atoms with Crippen molar-refractivity contribution in [2.45, 2.75) is 5.41 Å². The highest BCUT2D eigenvalue weighted by Gasteiger charge is 2.47. The Morgan fingerprint density at radius 1 is 0.327 bits per heavy atom. The molecule has 258 valence electrons. The number of hydrogen-bond acceptors (Lipinski definition) is 3. The molecular weight excluding hydrogens is 667 g/mol. The summed E-state index contributed by atoms with van der Waals surface area (Å²) in [5, 5.41) is 0. The molecule has 1 aliphatic carbocycles. The lowest BCUT2D eigenvalue weighted by Gasteiger charge is -2.32. The van der Waals surface area contributed by atoms with E-state index in [0.717, 1.165) is 61.6 Å². The fraction of sp³-hybridized carbons (Fsp3) is 0.0192. The van der Waals surface area contributed by atoms with Gasteiger partial charge in [0.05, 0.1) is 22.5 Å². The highest BCUT2D eigenvalue weighted by molar-refractivity contribution is 5.85. The molecule has 3 nitrogen and oxygen atoms in total. The standard InChI is InChI=1S/C52H35N3/c1-5-16-36(17-6-1)42-33-48(38-18-7-2-8-19-38)54-49(34-42)41-21-15-20-40(32-41)37-28-30-39(31-29-37)51-53-35-46-45-26-13-14-27-47(45)52(50(46)55-51,43-22-9-3-10-23-43)44-24-11-4-12-25-44/h1-35H. The van der Waals surface area contributed by atoms with Gasteiger partial charge in [0.25, 0.3) is 0 Å². The Hall–Kier alpha value is -7.23. The number of aromatic nitrogens is 3. The van der Waals surface area contributed by atoms with E-state index >= 15 is 0 Å². The van der Waals surface area contributed by atoms with Crippen molar-refractivity contribution in [3.63, 3.8) is 0 Å². The zero-order valence-corrected chi connectivity index (χ0v) is 30.0. The van der Waals surface area contributed by atoms with Crippen LogP contribution in [0.15, 0.2) is 212 Å². The van der Waals surface area contributed by atoms with Crippen LogP contribution in [0.3, 0.4) is 0 Å². The lowest BCUT2D eigenvalue weighted by Crippen LogP contribution is -2.29. The lowest BCUT2D eigenvalue weighted by atomic mass is 9.69. The normalized spacial score (nSPS) is 12.5. The molecule has 0 saturated heterocycles. The van der Waals surface area contributed by atoms with E-state index in [2.05, 4.69) is 200 Å². The summed E-state index contributed by atoms with van der Waals surface area (Å²) in [6.07, 6.45) is 2.02. The Kier molecular flexibility index (Phi) is 8.04. The topological polar surface area (TPSA) is 38.7 Å². The van der Waals surface area contributed by atoms with Crippen molar-refractivity contribution in [1.29, 1.82) is 0 Å². The average molecular weight is 702 g/mol. The van der Waals surface area contributed by atoms with Gasteiger partial charge in [0, 0.05) is 28.5 Å². The van der Waals surface area contributed by atoms with Gasteiger partial charge in [-0.1, -0.05) is 188 Å². The molecule has 55 heavy (non-hydrogen) atoms. The van der Waals surface area contributed by atoms with Gasteiger partial charge in [-0.3, -0.25) is 0 Å². The van der Waals surface area contributed by atoms with Gasteiger partial charge in [0.15, 0.2) is 5.82 Å². The van der Waals surface area contributed by atoms with Crippen LogP contribution < -0.4 is 0 Å². The molecule has 3 heteroatoms. The summed E-state index contributed by atoms with van der Waals surface area (Å²) in [7, 11) is 0. The number of hydrogen-bond donors (Lipinski definition) is 0. The van der Waals surface area contributed by atoms with E-state index in [4.69, 9.17) is 15.0 Å². The zero-order valence-electron chi connectivity index (χ0n) is 30.0. The summed E-state index contributed by atoms with van der Waals surface area (Å²) >= 11 is 0. The van der Waals surface area contributed by atoms with Gasteiger partial charge in [-0.15, -0.1) is 0 Å². The summed E-state index contributed by atoms with van der Waals surface area (Å²) in [5.74, 6) is 0.707. The van der Waals surface area contributed by atoms with Crippen molar-refractivity contribution >= 4 is 0 Å². The van der Waals surface area contributed by atoms with Gasteiger partial charge >= 0.3 is 0 Å².